The second-order valence-electron chi connectivity index (χ2n) is 4.43. The summed E-state index contributed by atoms with van der Waals surface area (Å²) in [5, 5.41) is 11.9. The van der Waals surface area contributed by atoms with E-state index in [1.807, 2.05) is 6.07 Å². The summed E-state index contributed by atoms with van der Waals surface area (Å²) in [6.45, 7) is 2.67. The number of carbonyl (C=O) groups is 2. The molecule has 1 aromatic rings. The molecular weight excluding hydrogens is 242 g/mol. The highest BCUT2D eigenvalue weighted by molar-refractivity contribution is 6.05. The Hall–Kier alpha value is -2.19. The van der Waals surface area contributed by atoms with E-state index in [2.05, 4.69) is 11.4 Å². The van der Waals surface area contributed by atoms with E-state index in [1.165, 1.54) is 4.90 Å². The van der Waals surface area contributed by atoms with Gasteiger partial charge in [-0.05, 0) is 24.6 Å². The Kier molecular flexibility index (Phi) is 3.93. The minimum atomic E-state index is -0.446. The molecule has 5 nitrogen and oxygen atoms in total. The molecule has 1 aliphatic heterocycles. The van der Waals surface area contributed by atoms with Crippen LogP contribution in [0.25, 0.3) is 0 Å². The first kappa shape index (κ1) is 13.2. The van der Waals surface area contributed by atoms with Crippen molar-refractivity contribution in [1.29, 1.82) is 5.26 Å². The smallest absolute Gasteiger partial charge is 0.246 e. The second kappa shape index (κ2) is 5.63. The van der Waals surface area contributed by atoms with Crippen LogP contribution in [0.15, 0.2) is 24.3 Å². The standard InChI is InChI=1S/C14H15N3O2/c1-2-17-13(18)7-12(14(17)19)16-9-11-5-3-4-10(6-11)8-15/h3-6,12,16H,2,7,9H2,1H3. The van der Waals surface area contributed by atoms with Crippen LogP contribution in [0.5, 0.6) is 0 Å². The molecule has 19 heavy (non-hydrogen) atoms. The van der Waals surface area contributed by atoms with Crippen LogP contribution in [0.3, 0.4) is 0 Å². The van der Waals surface area contributed by atoms with Crippen LogP contribution in [0, 0.1) is 11.3 Å². The van der Waals surface area contributed by atoms with Gasteiger partial charge in [0.1, 0.15) is 0 Å². The maximum atomic E-state index is 11.9. The molecule has 1 aliphatic rings. The fourth-order valence-electron chi connectivity index (χ4n) is 2.17. The maximum absolute atomic E-state index is 11.9. The number of nitriles is 1. The molecule has 0 radical (unpaired) electrons. The summed E-state index contributed by atoms with van der Waals surface area (Å²) in [6, 6.07) is 8.81. The topological polar surface area (TPSA) is 73.2 Å². The molecule has 98 valence electrons. The number of nitrogens with zero attached hydrogens (tertiary/aromatic N) is 2. The predicted octanol–water partition coefficient (Wildman–Crippen LogP) is 0.795. The minimum absolute atomic E-state index is 0.129. The molecule has 1 fully saturated rings. The van der Waals surface area contributed by atoms with Crippen molar-refractivity contribution in [2.75, 3.05) is 6.54 Å². The lowest BCUT2D eigenvalue weighted by atomic mass is 10.1. The van der Waals surface area contributed by atoms with Gasteiger partial charge in [-0.25, -0.2) is 0 Å². The molecule has 5 heteroatoms. The molecule has 2 rings (SSSR count). The van der Waals surface area contributed by atoms with Gasteiger partial charge in [-0.15, -0.1) is 0 Å². The summed E-state index contributed by atoms with van der Waals surface area (Å²) in [6.07, 6.45) is 0.213. The molecule has 0 aliphatic carbocycles. The number of imide groups is 1. The highest BCUT2D eigenvalue weighted by Gasteiger charge is 2.36. The van der Waals surface area contributed by atoms with Gasteiger partial charge in [0.25, 0.3) is 0 Å². The number of carbonyl (C=O) groups excluding carboxylic acids is 2. The second-order valence-corrected chi connectivity index (χ2v) is 4.43. The van der Waals surface area contributed by atoms with E-state index in [1.54, 1.807) is 25.1 Å². The number of nitrogens with one attached hydrogen (secondary N) is 1. The highest BCUT2D eigenvalue weighted by atomic mass is 16.2. The summed E-state index contributed by atoms with van der Waals surface area (Å²) >= 11 is 0. The largest absolute Gasteiger partial charge is 0.301 e. The van der Waals surface area contributed by atoms with Crippen LogP contribution < -0.4 is 5.32 Å². The van der Waals surface area contributed by atoms with Gasteiger partial charge in [-0.3, -0.25) is 14.5 Å². The summed E-state index contributed by atoms with van der Waals surface area (Å²) in [4.78, 5) is 24.7. The zero-order valence-electron chi connectivity index (χ0n) is 10.7. The number of amides is 2. The van der Waals surface area contributed by atoms with Crippen LogP contribution in [0.4, 0.5) is 0 Å². The molecule has 1 unspecified atom stereocenters. The van der Waals surface area contributed by atoms with Crippen molar-refractivity contribution in [3.63, 3.8) is 0 Å². The molecule has 0 aromatic heterocycles. The van der Waals surface area contributed by atoms with E-state index in [4.69, 9.17) is 5.26 Å². The molecule has 1 saturated heterocycles. The van der Waals surface area contributed by atoms with Gasteiger partial charge < -0.3 is 5.32 Å². The van der Waals surface area contributed by atoms with Crippen LogP contribution in [0.1, 0.15) is 24.5 Å². The van der Waals surface area contributed by atoms with Gasteiger partial charge in [0.15, 0.2) is 0 Å². The van der Waals surface area contributed by atoms with E-state index in [0.29, 0.717) is 18.7 Å². The van der Waals surface area contributed by atoms with Gasteiger partial charge in [-0.2, -0.15) is 5.26 Å². The molecule has 1 N–H and O–H groups in total. The number of benzene rings is 1. The van der Waals surface area contributed by atoms with Crippen LogP contribution >= 0.6 is 0 Å². The van der Waals surface area contributed by atoms with E-state index < -0.39 is 6.04 Å². The lowest BCUT2D eigenvalue weighted by molar-refractivity contribution is -0.138. The van der Waals surface area contributed by atoms with Gasteiger partial charge in [0.05, 0.1) is 24.1 Å². The Bertz CT molecular complexity index is 548. The lowest BCUT2D eigenvalue weighted by Crippen LogP contribution is -2.38. The SMILES string of the molecule is CCN1C(=O)CC(NCc2cccc(C#N)c2)C1=O. The first-order chi connectivity index (χ1) is 9.15. The summed E-state index contributed by atoms with van der Waals surface area (Å²) in [5.41, 5.74) is 1.51. The van der Waals surface area contributed by atoms with E-state index in [-0.39, 0.29) is 18.2 Å². The Balaban J connectivity index is 1.98. The van der Waals surface area contributed by atoms with Crippen molar-refractivity contribution in [3.05, 3.63) is 35.4 Å². The zero-order valence-corrected chi connectivity index (χ0v) is 10.7. The number of rotatable bonds is 4. The molecular formula is C14H15N3O2. The Morgan fingerprint density at radius 3 is 2.89 bits per heavy atom. The number of likely N-dealkylation sites (N-methyl/N-ethyl adjacent to an activating group) is 1. The van der Waals surface area contributed by atoms with E-state index in [9.17, 15) is 9.59 Å². The Morgan fingerprint density at radius 1 is 1.47 bits per heavy atom. The third kappa shape index (κ3) is 2.80. The van der Waals surface area contributed by atoms with Gasteiger partial charge in [0.2, 0.25) is 11.8 Å². The maximum Gasteiger partial charge on any atom is 0.246 e. The van der Waals surface area contributed by atoms with E-state index in [0.717, 1.165) is 5.56 Å². The number of hydrogen-bond donors (Lipinski definition) is 1. The molecule has 0 bridgehead atoms. The molecule has 1 atom stereocenters. The minimum Gasteiger partial charge on any atom is -0.301 e. The van der Waals surface area contributed by atoms with Crippen molar-refractivity contribution >= 4 is 11.8 Å². The van der Waals surface area contributed by atoms with Gasteiger partial charge in [-0.1, -0.05) is 12.1 Å². The molecule has 2 amide bonds. The number of hydrogen-bond acceptors (Lipinski definition) is 4. The average molecular weight is 257 g/mol. The fourth-order valence-corrected chi connectivity index (χ4v) is 2.17. The van der Waals surface area contributed by atoms with Crippen molar-refractivity contribution in [2.24, 2.45) is 0 Å². The molecule has 1 aromatic carbocycles. The van der Waals surface area contributed by atoms with Crippen molar-refractivity contribution < 1.29 is 9.59 Å². The first-order valence-corrected chi connectivity index (χ1v) is 6.22. The highest BCUT2D eigenvalue weighted by Crippen LogP contribution is 2.13. The van der Waals surface area contributed by atoms with Crippen LogP contribution in [-0.2, 0) is 16.1 Å². The normalized spacial score (nSPS) is 18.7. The van der Waals surface area contributed by atoms with Crippen molar-refractivity contribution in [2.45, 2.75) is 25.9 Å². The number of likely N-dealkylation sites (tertiary alicyclic amines) is 1. The predicted molar refractivity (Wildman–Crippen MR) is 68.8 cm³/mol. The van der Waals surface area contributed by atoms with Crippen LogP contribution in [0.2, 0.25) is 0 Å². The molecule has 0 spiro atoms. The monoisotopic (exact) mass is 257 g/mol. The van der Waals surface area contributed by atoms with Gasteiger partial charge >= 0.3 is 0 Å². The average Bonchev–Trinajstić information content (AvgIpc) is 2.71. The fraction of sp³-hybridized carbons (Fsp3) is 0.357. The Labute approximate surface area is 111 Å². The third-order valence-electron chi connectivity index (χ3n) is 3.17. The summed E-state index contributed by atoms with van der Waals surface area (Å²) < 4.78 is 0. The molecule has 1 heterocycles. The molecule has 0 saturated carbocycles. The first-order valence-electron chi connectivity index (χ1n) is 6.22. The van der Waals surface area contributed by atoms with Crippen molar-refractivity contribution in [1.82, 2.24) is 10.2 Å². The van der Waals surface area contributed by atoms with Crippen LogP contribution in [-0.4, -0.2) is 29.3 Å². The summed E-state index contributed by atoms with van der Waals surface area (Å²) in [7, 11) is 0. The zero-order chi connectivity index (χ0) is 13.8. The van der Waals surface area contributed by atoms with Gasteiger partial charge in [0, 0.05) is 13.1 Å². The van der Waals surface area contributed by atoms with E-state index >= 15 is 0 Å². The third-order valence-corrected chi connectivity index (χ3v) is 3.17. The lowest BCUT2D eigenvalue weighted by Gasteiger charge is -2.13. The van der Waals surface area contributed by atoms with Crippen molar-refractivity contribution in [3.8, 4) is 6.07 Å². The Morgan fingerprint density at radius 2 is 2.26 bits per heavy atom. The summed E-state index contributed by atoms with van der Waals surface area (Å²) in [5.74, 6) is -0.292. The quantitative estimate of drug-likeness (QED) is 0.809.